The number of fused-ring (bicyclic) bond motifs is 1. The molecule has 0 saturated heterocycles. The highest BCUT2D eigenvalue weighted by Crippen LogP contribution is 2.21. The van der Waals surface area contributed by atoms with Crippen LogP contribution in [-0.4, -0.2) is 46.3 Å². The molecule has 0 atom stereocenters. The molecule has 1 aromatic heterocycles. The van der Waals surface area contributed by atoms with E-state index in [1.165, 1.54) is 24.3 Å². The van der Waals surface area contributed by atoms with E-state index in [0.717, 1.165) is 11.3 Å². The Balaban J connectivity index is 1.83. The van der Waals surface area contributed by atoms with Crippen LogP contribution in [0.4, 0.5) is 0 Å². The van der Waals surface area contributed by atoms with E-state index in [-0.39, 0.29) is 28.4 Å². The van der Waals surface area contributed by atoms with Gasteiger partial charge in [-0.3, -0.25) is 4.79 Å². The molecule has 0 saturated carbocycles. The second-order valence-corrected chi connectivity index (χ2v) is 11.8. The molecule has 3 aromatic rings. The molecule has 2 aromatic carbocycles. The summed E-state index contributed by atoms with van der Waals surface area (Å²) in [6.45, 7) is 3.19. The van der Waals surface area contributed by atoms with Gasteiger partial charge in [-0.2, -0.15) is 4.99 Å². The van der Waals surface area contributed by atoms with Gasteiger partial charge < -0.3 is 9.30 Å². The molecule has 0 spiro atoms. The number of aromatic nitrogens is 1. The molecule has 178 valence electrons. The van der Waals surface area contributed by atoms with Crippen LogP contribution in [0.25, 0.3) is 10.2 Å². The summed E-state index contributed by atoms with van der Waals surface area (Å²) in [5, 5.41) is 5.23. The monoisotopic (exact) mass is 511 g/mol. The van der Waals surface area contributed by atoms with Crippen molar-refractivity contribution in [3.8, 4) is 0 Å². The molecule has 0 radical (unpaired) electrons. The Hall–Kier alpha value is -2.38. The zero-order valence-corrected chi connectivity index (χ0v) is 20.5. The smallest absolute Gasteiger partial charge is 0.248 e. The average molecular weight is 512 g/mol. The van der Waals surface area contributed by atoms with Crippen molar-refractivity contribution >= 4 is 47.3 Å². The Morgan fingerprint density at radius 2 is 1.82 bits per heavy atom. The lowest BCUT2D eigenvalue weighted by Crippen LogP contribution is -2.20. The summed E-state index contributed by atoms with van der Waals surface area (Å²) >= 11 is 1.16. The van der Waals surface area contributed by atoms with Gasteiger partial charge in [0.1, 0.15) is 0 Å². The molecule has 0 fully saturated rings. The average Bonchev–Trinajstić information content (AvgIpc) is 3.10. The Morgan fingerprint density at radius 1 is 1.09 bits per heavy atom. The minimum absolute atomic E-state index is 0.0304. The number of ether oxygens (including phenoxy) is 1. The van der Waals surface area contributed by atoms with Crippen LogP contribution in [0.1, 0.15) is 19.8 Å². The fourth-order valence-corrected chi connectivity index (χ4v) is 6.21. The van der Waals surface area contributed by atoms with E-state index in [0.29, 0.717) is 34.8 Å². The third-order valence-electron chi connectivity index (χ3n) is 4.77. The maximum Gasteiger partial charge on any atom is 0.248 e. The van der Waals surface area contributed by atoms with Gasteiger partial charge in [-0.25, -0.2) is 22.0 Å². The number of amides is 1. The number of thiazole rings is 1. The summed E-state index contributed by atoms with van der Waals surface area (Å²) in [7, 11) is -7.35. The van der Waals surface area contributed by atoms with Crippen LogP contribution in [-0.2, 0) is 35.9 Å². The molecule has 0 bridgehead atoms. The highest BCUT2D eigenvalue weighted by molar-refractivity contribution is 7.91. The fraction of sp³-hybridized carbons (Fsp3) is 0.333. The lowest BCUT2D eigenvalue weighted by atomic mass is 10.3. The van der Waals surface area contributed by atoms with Crippen LogP contribution in [0.2, 0.25) is 0 Å². The SMILES string of the molecule is CCOCCn1c(=NC(=O)CCCS(=O)(=O)c2ccccc2)sc2cc(S(N)(=O)=O)ccc21. The molecule has 0 aliphatic heterocycles. The fourth-order valence-electron chi connectivity index (χ4n) is 3.15. The zero-order valence-electron chi connectivity index (χ0n) is 18.0. The van der Waals surface area contributed by atoms with Gasteiger partial charge in [0, 0.05) is 19.6 Å². The third kappa shape index (κ3) is 6.58. The number of hydrogen-bond acceptors (Lipinski definition) is 7. The van der Waals surface area contributed by atoms with Crippen molar-refractivity contribution in [2.24, 2.45) is 10.1 Å². The first-order valence-electron chi connectivity index (χ1n) is 10.2. The maximum absolute atomic E-state index is 12.5. The van der Waals surface area contributed by atoms with E-state index in [4.69, 9.17) is 9.88 Å². The summed E-state index contributed by atoms with van der Waals surface area (Å²) in [5.41, 5.74) is 0.699. The zero-order chi connectivity index (χ0) is 24.1. The van der Waals surface area contributed by atoms with E-state index >= 15 is 0 Å². The van der Waals surface area contributed by atoms with Crippen molar-refractivity contribution in [3.63, 3.8) is 0 Å². The molecule has 0 aliphatic rings. The summed E-state index contributed by atoms with van der Waals surface area (Å²) in [6, 6.07) is 12.6. The lowest BCUT2D eigenvalue weighted by molar-refractivity contribution is -0.118. The summed E-state index contributed by atoms with van der Waals surface area (Å²) in [6.07, 6.45) is 0.104. The molecule has 12 heteroatoms. The van der Waals surface area contributed by atoms with Crippen LogP contribution in [0.3, 0.4) is 0 Å². The highest BCUT2D eigenvalue weighted by atomic mass is 32.2. The number of carbonyl (C=O) groups is 1. The summed E-state index contributed by atoms with van der Waals surface area (Å²) in [4.78, 5) is 17.2. The summed E-state index contributed by atoms with van der Waals surface area (Å²) < 4.78 is 55.9. The minimum atomic E-state index is -3.87. The molecule has 0 aliphatic carbocycles. The highest BCUT2D eigenvalue weighted by Gasteiger charge is 2.16. The third-order valence-corrected chi connectivity index (χ3v) is 8.54. The largest absolute Gasteiger partial charge is 0.380 e. The van der Waals surface area contributed by atoms with Crippen LogP contribution in [0.5, 0.6) is 0 Å². The molecule has 3 rings (SSSR count). The quantitative estimate of drug-likeness (QED) is 0.414. The molecule has 0 unspecified atom stereocenters. The van der Waals surface area contributed by atoms with Crippen LogP contribution in [0, 0.1) is 0 Å². The first-order chi connectivity index (χ1) is 15.6. The molecular weight excluding hydrogens is 486 g/mol. The molecule has 9 nitrogen and oxygen atoms in total. The molecule has 1 heterocycles. The van der Waals surface area contributed by atoms with Crippen LogP contribution < -0.4 is 9.94 Å². The van der Waals surface area contributed by atoms with E-state index in [1.807, 2.05) is 6.92 Å². The molecule has 1 amide bonds. The topological polar surface area (TPSA) is 138 Å². The number of sulfone groups is 1. The van der Waals surface area contributed by atoms with Crippen molar-refractivity contribution in [1.82, 2.24) is 4.57 Å². The number of carbonyl (C=O) groups excluding carboxylic acids is 1. The second kappa shape index (κ2) is 10.7. The second-order valence-electron chi connectivity index (χ2n) is 7.15. The van der Waals surface area contributed by atoms with E-state index < -0.39 is 25.8 Å². The lowest BCUT2D eigenvalue weighted by Gasteiger charge is -2.06. The number of primary sulfonamides is 1. The van der Waals surface area contributed by atoms with Gasteiger partial charge >= 0.3 is 0 Å². The molecule has 33 heavy (non-hydrogen) atoms. The van der Waals surface area contributed by atoms with Crippen molar-refractivity contribution in [2.75, 3.05) is 19.0 Å². The number of rotatable bonds is 10. The number of nitrogens with zero attached hydrogens (tertiary/aromatic N) is 2. The van der Waals surface area contributed by atoms with Gasteiger partial charge in [0.2, 0.25) is 15.9 Å². The van der Waals surface area contributed by atoms with Crippen LogP contribution >= 0.6 is 11.3 Å². The Labute approximate surface area is 196 Å². The molecule has 2 N–H and O–H groups in total. The maximum atomic E-state index is 12.5. The van der Waals surface area contributed by atoms with E-state index in [2.05, 4.69) is 4.99 Å². The first-order valence-corrected chi connectivity index (χ1v) is 14.2. The van der Waals surface area contributed by atoms with Gasteiger partial charge in [0.15, 0.2) is 14.6 Å². The van der Waals surface area contributed by atoms with Gasteiger partial charge in [0.05, 0.1) is 32.4 Å². The standard InChI is InChI=1S/C21H25N3O6S3/c1-2-30-13-12-24-18-11-10-17(33(22,28)29)15-19(18)31-21(24)23-20(25)9-6-14-32(26,27)16-7-4-3-5-8-16/h3-5,7-8,10-11,15H,2,6,9,12-14H2,1H3,(H2,22,28,29). The predicted molar refractivity (Wildman–Crippen MR) is 126 cm³/mol. The normalized spacial score (nSPS) is 13.0. The molecular formula is C21H25N3O6S3. The number of sulfonamides is 1. The Bertz CT molecular complexity index is 1410. The van der Waals surface area contributed by atoms with Crippen LogP contribution in [0.15, 0.2) is 63.3 Å². The summed E-state index contributed by atoms with van der Waals surface area (Å²) in [5.74, 6) is -0.617. The van der Waals surface area contributed by atoms with Gasteiger partial charge in [0.25, 0.3) is 0 Å². The first kappa shape index (κ1) is 25.2. The number of nitrogens with two attached hydrogens (primary N) is 1. The number of hydrogen-bond donors (Lipinski definition) is 1. The Morgan fingerprint density at radius 3 is 2.48 bits per heavy atom. The number of benzene rings is 2. The van der Waals surface area contributed by atoms with E-state index in [1.54, 1.807) is 28.8 Å². The van der Waals surface area contributed by atoms with Gasteiger partial charge in [-0.05, 0) is 43.7 Å². The van der Waals surface area contributed by atoms with Gasteiger partial charge in [-0.15, -0.1) is 0 Å². The van der Waals surface area contributed by atoms with E-state index in [9.17, 15) is 21.6 Å². The van der Waals surface area contributed by atoms with Crippen molar-refractivity contribution < 1.29 is 26.4 Å². The van der Waals surface area contributed by atoms with Crippen molar-refractivity contribution in [3.05, 3.63) is 53.3 Å². The van der Waals surface area contributed by atoms with Crippen molar-refractivity contribution in [2.45, 2.75) is 36.1 Å². The predicted octanol–water partition coefficient (Wildman–Crippen LogP) is 2.07. The van der Waals surface area contributed by atoms with Crippen molar-refractivity contribution in [1.29, 1.82) is 0 Å². The Kier molecular flexibility index (Phi) is 8.19. The van der Waals surface area contributed by atoms with Gasteiger partial charge in [-0.1, -0.05) is 29.5 Å². The minimum Gasteiger partial charge on any atom is -0.380 e.